The van der Waals surface area contributed by atoms with E-state index in [1.165, 1.54) is 0 Å². The van der Waals surface area contributed by atoms with Crippen LogP contribution in [0.1, 0.15) is 40.2 Å². The minimum atomic E-state index is 0.0968. The van der Waals surface area contributed by atoms with Crippen molar-refractivity contribution < 1.29 is 0 Å². The summed E-state index contributed by atoms with van der Waals surface area (Å²) in [6.07, 6.45) is 4.72. The first-order chi connectivity index (χ1) is 7.52. The fourth-order valence-electron chi connectivity index (χ4n) is 1.63. The normalized spacial score (nSPS) is 11.6. The van der Waals surface area contributed by atoms with Crippen LogP contribution in [0.2, 0.25) is 0 Å². The standard InChI is InChI=1S/C12H23N3O/c1-10(2)13-6-5-7-14-8-9-15(11(3)4)12(14)16/h8-11,13H,5-7H2,1-4H3. The molecular formula is C12H23N3O. The molecule has 1 heterocycles. The van der Waals surface area contributed by atoms with Gasteiger partial charge in [-0.1, -0.05) is 13.8 Å². The Morgan fingerprint density at radius 3 is 2.44 bits per heavy atom. The molecule has 0 aliphatic rings. The van der Waals surface area contributed by atoms with E-state index in [0.29, 0.717) is 6.04 Å². The lowest BCUT2D eigenvalue weighted by Crippen LogP contribution is -2.28. The Labute approximate surface area is 97.3 Å². The summed E-state index contributed by atoms with van der Waals surface area (Å²) >= 11 is 0. The molecule has 16 heavy (non-hydrogen) atoms. The second-order valence-electron chi connectivity index (χ2n) is 4.74. The third-order valence-electron chi connectivity index (χ3n) is 2.56. The van der Waals surface area contributed by atoms with Crippen molar-refractivity contribution in [1.29, 1.82) is 0 Å². The number of nitrogens with one attached hydrogen (secondary N) is 1. The molecule has 0 atom stereocenters. The van der Waals surface area contributed by atoms with Crippen molar-refractivity contribution in [2.45, 2.75) is 52.7 Å². The van der Waals surface area contributed by atoms with E-state index in [1.54, 1.807) is 9.13 Å². The summed E-state index contributed by atoms with van der Waals surface area (Å²) in [7, 11) is 0. The Hall–Kier alpha value is -1.03. The molecule has 4 heteroatoms. The molecule has 1 N–H and O–H groups in total. The lowest BCUT2D eigenvalue weighted by atomic mass is 10.3. The van der Waals surface area contributed by atoms with Crippen molar-refractivity contribution in [3.05, 3.63) is 22.9 Å². The third kappa shape index (κ3) is 3.52. The first kappa shape index (κ1) is 13.0. The molecule has 0 saturated carbocycles. The number of aromatic nitrogens is 2. The van der Waals surface area contributed by atoms with Gasteiger partial charge in [-0.3, -0.25) is 9.13 Å². The van der Waals surface area contributed by atoms with E-state index in [2.05, 4.69) is 19.2 Å². The van der Waals surface area contributed by atoms with Gasteiger partial charge in [-0.15, -0.1) is 0 Å². The van der Waals surface area contributed by atoms with E-state index in [9.17, 15) is 4.79 Å². The van der Waals surface area contributed by atoms with Crippen LogP contribution in [0.15, 0.2) is 17.2 Å². The van der Waals surface area contributed by atoms with Crippen molar-refractivity contribution >= 4 is 0 Å². The van der Waals surface area contributed by atoms with E-state index in [1.807, 2.05) is 26.2 Å². The van der Waals surface area contributed by atoms with E-state index in [-0.39, 0.29) is 11.7 Å². The van der Waals surface area contributed by atoms with Gasteiger partial charge in [-0.05, 0) is 26.8 Å². The van der Waals surface area contributed by atoms with Gasteiger partial charge < -0.3 is 5.32 Å². The van der Waals surface area contributed by atoms with Gasteiger partial charge >= 0.3 is 5.69 Å². The minimum absolute atomic E-state index is 0.0968. The van der Waals surface area contributed by atoms with Crippen LogP contribution in [-0.4, -0.2) is 21.7 Å². The van der Waals surface area contributed by atoms with Crippen LogP contribution in [0.4, 0.5) is 0 Å². The zero-order chi connectivity index (χ0) is 12.1. The van der Waals surface area contributed by atoms with E-state index in [0.717, 1.165) is 19.5 Å². The van der Waals surface area contributed by atoms with Crippen molar-refractivity contribution in [2.75, 3.05) is 6.54 Å². The molecule has 0 fully saturated rings. The fourth-order valence-corrected chi connectivity index (χ4v) is 1.63. The molecule has 0 aliphatic carbocycles. The third-order valence-corrected chi connectivity index (χ3v) is 2.56. The highest BCUT2D eigenvalue weighted by molar-refractivity contribution is 4.83. The van der Waals surface area contributed by atoms with Crippen molar-refractivity contribution in [3.63, 3.8) is 0 Å². The lowest BCUT2D eigenvalue weighted by molar-refractivity contribution is 0.512. The second-order valence-corrected chi connectivity index (χ2v) is 4.74. The van der Waals surface area contributed by atoms with E-state index < -0.39 is 0 Å². The van der Waals surface area contributed by atoms with Crippen molar-refractivity contribution in [2.24, 2.45) is 0 Å². The van der Waals surface area contributed by atoms with Gasteiger partial charge in [0.2, 0.25) is 0 Å². The van der Waals surface area contributed by atoms with Gasteiger partial charge in [0.1, 0.15) is 0 Å². The summed E-state index contributed by atoms with van der Waals surface area (Å²) in [5, 5.41) is 3.34. The van der Waals surface area contributed by atoms with Gasteiger partial charge in [-0.2, -0.15) is 0 Å². The fraction of sp³-hybridized carbons (Fsp3) is 0.750. The Kier molecular flexibility index (Phi) is 4.80. The SMILES string of the molecule is CC(C)NCCCn1ccn(C(C)C)c1=O. The number of rotatable bonds is 6. The second kappa shape index (κ2) is 5.89. The largest absolute Gasteiger partial charge is 0.328 e. The van der Waals surface area contributed by atoms with Crippen LogP contribution < -0.4 is 11.0 Å². The molecule has 0 aromatic carbocycles. The highest BCUT2D eigenvalue weighted by Crippen LogP contribution is 1.99. The van der Waals surface area contributed by atoms with E-state index >= 15 is 0 Å². The Balaban J connectivity index is 2.46. The summed E-state index contributed by atoms with van der Waals surface area (Å²) in [6, 6.07) is 0.750. The first-order valence-corrected chi connectivity index (χ1v) is 6.03. The summed E-state index contributed by atoms with van der Waals surface area (Å²) < 4.78 is 3.54. The summed E-state index contributed by atoms with van der Waals surface area (Å²) in [5.41, 5.74) is 0.0968. The smallest absolute Gasteiger partial charge is 0.314 e. The van der Waals surface area contributed by atoms with Crippen LogP contribution in [0.3, 0.4) is 0 Å². The van der Waals surface area contributed by atoms with Crippen LogP contribution in [0, 0.1) is 0 Å². The Morgan fingerprint density at radius 1 is 1.25 bits per heavy atom. The van der Waals surface area contributed by atoms with Gasteiger partial charge in [0.05, 0.1) is 0 Å². The molecule has 0 radical (unpaired) electrons. The van der Waals surface area contributed by atoms with E-state index in [4.69, 9.17) is 0 Å². The Morgan fingerprint density at radius 2 is 1.94 bits per heavy atom. The predicted molar refractivity (Wildman–Crippen MR) is 66.8 cm³/mol. The number of hydrogen-bond donors (Lipinski definition) is 1. The molecule has 92 valence electrons. The Bertz CT molecular complexity index is 363. The highest BCUT2D eigenvalue weighted by Gasteiger charge is 2.05. The average molecular weight is 225 g/mol. The number of nitrogens with zero attached hydrogens (tertiary/aromatic N) is 2. The molecule has 0 spiro atoms. The monoisotopic (exact) mass is 225 g/mol. The molecule has 0 aliphatic heterocycles. The number of imidazole rings is 1. The zero-order valence-electron chi connectivity index (χ0n) is 10.7. The van der Waals surface area contributed by atoms with Crippen LogP contribution in [0.5, 0.6) is 0 Å². The highest BCUT2D eigenvalue weighted by atomic mass is 16.1. The maximum Gasteiger partial charge on any atom is 0.328 e. The van der Waals surface area contributed by atoms with Gasteiger partial charge in [0.15, 0.2) is 0 Å². The summed E-state index contributed by atoms with van der Waals surface area (Å²) in [4.78, 5) is 11.8. The lowest BCUT2D eigenvalue weighted by Gasteiger charge is -2.08. The molecule has 0 bridgehead atoms. The molecule has 4 nitrogen and oxygen atoms in total. The molecule has 0 saturated heterocycles. The first-order valence-electron chi connectivity index (χ1n) is 6.03. The molecule has 0 amide bonds. The maximum absolute atomic E-state index is 11.8. The van der Waals surface area contributed by atoms with Crippen molar-refractivity contribution in [1.82, 2.24) is 14.5 Å². The molecule has 1 aromatic heterocycles. The topological polar surface area (TPSA) is 39.0 Å². The number of hydrogen-bond acceptors (Lipinski definition) is 2. The van der Waals surface area contributed by atoms with Crippen LogP contribution in [-0.2, 0) is 6.54 Å². The summed E-state index contributed by atoms with van der Waals surface area (Å²) in [5.74, 6) is 0. The quantitative estimate of drug-likeness (QED) is 0.747. The van der Waals surface area contributed by atoms with Crippen molar-refractivity contribution in [3.8, 4) is 0 Å². The summed E-state index contributed by atoms with van der Waals surface area (Å²) in [6.45, 7) is 10.0. The van der Waals surface area contributed by atoms with Crippen LogP contribution >= 0.6 is 0 Å². The molecule has 1 rings (SSSR count). The molecule has 1 aromatic rings. The van der Waals surface area contributed by atoms with Gasteiger partial charge in [0.25, 0.3) is 0 Å². The van der Waals surface area contributed by atoms with Gasteiger partial charge in [0, 0.05) is 31.0 Å². The molecule has 0 unspecified atom stereocenters. The maximum atomic E-state index is 11.8. The van der Waals surface area contributed by atoms with Crippen LogP contribution in [0.25, 0.3) is 0 Å². The van der Waals surface area contributed by atoms with Gasteiger partial charge in [-0.25, -0.2) is 4.79 Å². The molecular weight excluding hydrogens is 202 g/mol. The number of aryl methyl sites for hydroxylation is 1. The predicted octanol–water partition coefficient (Wildman–Crippen LogP) is 1.62. The minimum Gasteiger partial charge on any atom is -0.314 e. The zero-order valence-corrected chi connectivity index (χ0v) is 10.7. The average Bonchev–Trinajstić information content (AvgIpc) is 2.54.